The molecule has 0 atom stereocenters. The summed E-state index contributed by atoms with van der Waals surface area (Å²) in [5.74, 6) is -0.661. The highest BCUT2D eigenvalue weighted by molar-refractivity contribution is 7.92. The molecule has 0 aliphatic heterocycles. The second-order valence-corrected chi connectivity index (χ2v) is 8.40. The van der Waals surface area contributed by atoms with Crippen LogP contribution in [0.1, 0.15) is 22.8 Å². The van der Waals surface area contributed by atoms with E-state index < -0.39 is 20.9 Å². The van der Waals surface area contributed by atoms with E-state index >= 15 is 0 Å². The molecule has 0 heterocycles. The molecule has 0 saturated heterocycles. The number of para-hydroxylation sites is 1. The summed E-state index contributed by atoms with van der Waals surface area (Å²) in [6, 6.07) is 20.0. The van der Waals surface area contributed by atoms with Crippen molar-refractivity contribution in [2.45, 2.75) is 18.4 Å². The van der Waals surface area contributed by atoms with Gasteiger partial charge in [-0.05, 0) is 48.9 Å². The molecule has 0 aromatic heterocycles. The third kappa shape index (κ3) is 5.07. The standard InChI is InChI=1S/C22H20N2O6S/c1-2-23(19-8-4-3-5-9-19)31(28,29)21-13-11-18(12-14-21)22(25)30-16-17-7-6-10-20(15-17)24(26)27/h3-15H,2,16H2,1H3. The normalized spacial score (nSPS) is 11.0. The molecule has 0 radical (unpaired) electrons. The monoisotopic (exact) mass is 440 g/mol. The Morgan fingerprint density at radius 1 is 1.00 bits per heavy atom. The minimum atomic E-state index is -3.80. The lowest BCUT2D eigenvalue weighted by molar-refractivity contribution is -0.384. The molecule has 160 valence electrons. The number of hydrogen-bond donors (Lipinski definition) is 0. The maximum absolute atomic E-state index is 13.0. The van der Waals surface area contributed by atoms with Crippen LogP contribution in [-0.4, -0.2) is 25.9 Å². The van der Waals surface area contributed by atoms with Gasteiger partial charge in [-0.15, -0.1) is 0 Å². The van der Waals surface area contributed by atoms with E-state index in [4.69, 9.17) is 4.74 Å². The summed E-state index contributed by atoms with van der Waals surface area (Å²) in [5.41, 5.74) is 1.10. The lowest BCUT2D eigenvalue weighted by Crippen LogP contribution is -2.30. The number of non-ortho nitro benzene ring substituents is 1. The number of anilines is 1. The first kappa shape index (κ1) is 22.0. The Morgan fingerprint density at radius 3 is 2.29 bits per heavy atom. The van der Waals surface area contributed by atoms with Crippen LogP contribution >= 0.6 is 0 Å². The summed E-state index contributed by atoms with van der Waals surface area (Å²) in [5, 5.41) is 10.8. The Balaban J connectivity index is 1.72. The van der Waals surface area contributed by atoms with Crippen LogP contribution in [0.15, 0.2) is 83.8 Å². The summed E-state index contributed by atoms with van der Waals surface area (Å²) in [6.07, 6.45) is 0. The van der Waals surface area contributed by atoms with Gasteiger partial charge in [-0.25, -0.2) is 13.2 Å². The minimum Gasteiger partial charge on any atom is -0.457 e. The van der Waals surface area contributed by atoms with Crippen LogP contribution in [0.25, 0.3) is 0 Å². The first-order valence-electron chi connectivity index (χ1n) is 9.41. The number of esters is 1. The number of hydrogen-bond acceptors (Lipinski definition) is 6. The number of nitrogens with zero attached hydrogens (tertiary/aromatic N) is 2. The average molecular weight is 440 g/mol. The Morgan fingerprint density at radius 2 is 1.68 bits per heavy atom. The molecule has 0 fully saturated rings. The summed E-state index contributed by atoms with van der Waals surface area (Å²) >= 11 is 0. The molecule has 0 aliphatic rings. The van der Waals surface area contributed by atoms with Crippen LogP contribution < -0.4 is 4.31 Å². The van der Waals surface area contributed by atoms with Crippen molar-refractivity contribution >= 4 is 27.4 Å². The van der Waals surface area contributed by atoms with Crippen molar-refractivity contribution in [1.82, 2.24) is 0 Å². The Labute approximate surface area is 179 Å². The zero-order valence-electron chi connectivity index (χ0n) is 16.7. The van der Waals surface area contributed by atoms with E-state index in [1.165, 1.54) is 46.8 Å². The molecular weight excluding hydrogens is 420 g/mol. The van der Waals surface area contributed by atoms with Crippen LogP contribution in [0.3, 0.4) is 0 Å². The van der Waals surface area contributed by atoms with Crippen LogP contribution in [-0.2, 0) is 21.4 Å². The van der Waals surface area contributed by atoms with Crippen molar-refractivity contribution in [1.29, 1.82) is 0 Å². The number of rotatable bonds is 8. The predicted molar refractivity (Wildman–Crippen MR) is 115 cm³/mol. The molecule has 8 nitrogen and oxygen atoms in total. The van der Waals surface area contributed by atoms with E-state index in [9.17, 15) is 23.3 Å². The molecule has 3 aromatic carbocycles. The fourth-order valence-electron chi connectivity index (χ4n) is 2.97. The Bertz CT molecular complexity index is 1180. The van der Waals surface area contributed by atoms with Gasteiger partial charge in [0.25, 0.3) is 15.7 Å². The van der Waals surface area contributed by atoms with Crippen molar-refractivity contribution < 1.29 is 22.9 Å². The fourth-order valence-corrected chi connectivity index (χ4v) is 4.44. The molecular formula is C22H20N2O6S. The van der Waals surface area contributed by atoms with Gasteiger partial charge >= 0.3 is 5.97 Å². The van der Waals surface area contributed by atoms with Gasteiger partial charge in [-0.2, -0.15) is 0 Å². The van der Waals surface area contributed by atoms with Crippen LogP contribution in [0.5, 0.6) is 0 Å². The first-order chi connectivity index (χ1) is 14.8. The van der Waals surface area contributed by atoms with Crippen molar-refractivity contribution in [3.05, 3.63) is 100 Å². The quantitative estimate of drug-likeness (QED) is 0.296. The van der Waals surface area contributed by atoms with Crippen molar-refractivity contribution in [3.63, 3.8) is 0 Å². The molecule has 0 bridgehead atoms. The third-order valence-corrected chi connectivity index (χ3v) is 6.42. The largest absolute Gasteiger partial charge is 0.457 e. The molecule has 0 N–H and O–H groups in total. The van der Waals surface area contributed by atoms with E-state index in [-0.39, 0.29) is 29.3 Å². The number of sulfonamides is 1. The summed E-state index contributed by atoms with van der Waals surface area (Å²) in [6.45, 7) is 1.85. The van der Waals surface area contributed by atoms with Gasteiger partial charge in [-0.3, -0.25) is 14.4 Å². The Hall–Kier alpha value is -3.72. The number of benzene rings is 3. The highest BCUT2D eigenvalue weighted by atomic mass is 32.2. The molecule has 0 aliphatic carbocycles. The van der Waals surface area contributed by atoms with Gasteiger partial charge in [-0.1, -0.05) is 30.3 Å². The van der Waals surface area contributed by atoms with Crippen LogP contribution in [0, 0.1) is 10.1 Å². The maximum atomic E-state index is 13.0. The molecule has 0 saturated carbocycles. The van der Waals surface area contributed by atoms with Gasteiger partial charge in [0.05, 0.1) is 21.1 Å². The topological polar surface area (TPSA) is 107 Å². The second kappa shape index (κ2) is 9.40. The van der Waals surface area contributed by atoms with Crippen LogP contribution in [0.2, 0.25) is 0 Å². The summed E-state index contributed by atoms with van der Waals surface area (Å²) in [7, 11) is -3.80. The molecule has 0 unspecified atom stereocenters. The number of carbonyl (C=O) groups excluding carboxylic acids is 1. The smallest absolute Gasteiger partial charge is 0.338 e. The van der Waals surface area contributed by atoms with E-state index in [0.717, 1.165) is 0 Å². The number of ether oxygens (including phenoxy) is 1. The highest BCUT2D eigenvalue weighted by Gasteiger charge is 2.23. The Kier molecular flexibility index (Phi) is 6.66. The molecule has 0 amide bonds. The van der Waals surface area contributed by atoms with Gasteiger partial charge < -0.3 is 4.74 Å². The second-order valence-electron chi connectivity index (χ2n) is 6.53. The van der Waals surface area contributed by atoms with Gasteiger partial charge in [0.15, 0.2) is 0 Å². The lowest BCUT2D eigenvalue weighted by Gasteiger charge is -2.22. The van der Waals surface area contributed by atoms with Crippen molar-refractivity contribution in [2.75, 3.05) is 10.8 Å². The number of nitro benzene ring substituents is 1. The fraction of sp³-hybridized carbons (Fsp3) is 0.136. The number of nitro groups is 1. The number of carbonyl (C=O) groups is 1. The SMILES string of the molecule is CCN(c1ccccc1)S(=O)(=O)c1ccc(C(=O)OCc2cccc([N+](=O)[O-])c2)cc1. The van der Waals surface area contributed by atoms with Gasteiger partial charge in [0.2, 0.25) is 0 Å². The van der Waals surface area contributed by atoms with Crippen molar-refractivity contribution in [2.24, 2.45) is 0 Å². The molecule has 9 heteroatoms. The van der Waals surface area contributed by atoms with Crippen LogP contribution in [0.4, 0.5) is 11.4 Å². The van der Waals surface area contributed by atoms with E-state index in [0.29, 0.717) is 11.3 Å². The predicted octanol–water partition coefficient (Wildman–Crippen LogP) is 4.17. The third-order valence-electron chi connectivity index (χ3n) is 4.50. The summed E-state index contributed by atoms with van der Waals surface area (Å²) < 4.78 is 32.5. The molecule has 0 spiro atoms. The highest BCUT2D eigenvalue weighted by Crippen LogP contribution is 2.23. The molecule has 3 rings (SSSR count). The van der Waals surface area contributed by atoms with E-state index in [1.54, 1.807) is 43.3 Å². The van der Waals surface area contributed by atoms with Gasteiger partial charge in [0, 0.05) is 18.7 Å². The maximum Gasteiger partial charge on any atom is 0.338 e. The zero-order chi connectivity index (χ0) is 22.4. The first-order valence-corrected chi connectivity index (χ1v) is 10.8. The van der Waals surface area contributed by atoms with E-state index in [1.807, 2.05) is 0 Å². The average Bonchev–Trinajstić information content (AvgIpc) is 2.78. The lowest BCUT2D eigenvalue weighted by atomic mass is 10.2. The molecule has 31 heavy (non-hydrogen) atoms. The van der Waals surface area contributed by atoms with E-state index in [2.05, 4.69) is 0 Å². The minimum absolute atomic E-state index is 0.0495. The van der Waals surface area contributed by atoms with Gasteiger partial charge in [0.1, 0.15) is 6.61 Å². The summed E-state index contributed by atoms with van der Waals surface area (Å²) in [4.78, 5) is 22.6. The molecule has 3 aromatic rings. The van der Waals surface area contributed by atoms with Crippen molar-refractivity contribution in [3.8, 4) is 0 Å². The zero-order valence-corrected chi connectivity index (χ0v) is 17.5.